The fourth-order valence-corrected chi connectivity index (χ4v) is 1.39. The predicted octanol–water partition coefficient (Wildman–Crippen LogP) is 1.03. The van der Waals surface area contributed by atoms with E-state index in [4.69, 9.17) is 5.11 Å². The Morgan fingerprint density at radius 2 is 1.94 bits per heavy atom. The summed E-state index contributed by atoms with van der Waals surface area (Å²) in [4.78, 5) is 12.6. The SMILES string of the molecule is CN(C)c1ccc(-n2cc(C(=O)O)nn2)cc1. The van der Waals surface area contributed by atoms with Crippen LogP contribution in [0.5, 0.6) is 0 Å². The van der Waals surface area contributed by atoms with E-state index < -0.39 is 5.97 Å². The number of nitrogens with zero attached hydrogens (tertiary/aromatic N) is 4. The van der Waals surface area contributed by atoms with Gasteiger partial charge < -0.3 is 10.0 Å². The number of hydrogen-bond acceptors (Lipinski definition) is 4. The van der Waals surface area contributed by atoms with Gasteiger partial charge in [-0.2, -0.15) is 0 Å². The van der Waals surface area contributed by atoms with E-state index in [1.165, 1.54) is 10.9 Å². The summed E-state index contributed by atoms with van der Waals surface area (Å²) < 4.78 is 1.43. The Morgan fingerprint density at radius 3 is 2.41 bits per heavy atom. The second kappa shape index (κ2) is 4.25. The third-order valence-corrected chi connectivity index (χ3v) is 2.34. The highest BCUT2D eigenvalue weighted by Gasteiger charge is 2.09. The van der Waals surface area contributed by atoms with E-state index in [2.05, 4.69) is 10.3 Å². The van der Waals surface area contributed by atoms with Crippen molar-refractivity contribution in [2.24, 2.45) is 0 Å². The van der Waals surface area contributed by atoms with Crippen LogP contribution in [0.4, 0.5) is 5.69 Å². The average Bonchev–Trinajstić information content (AvgIpc) is 2.78. The summed E-state index contributed by atoms with van der Waals surface area (Å²) in [6.07, 6.45) is 1.38. The highest BCUT2D eigenvalue weighted by Crippen LogP contribution is 2.14. The Hall–Kier alpha value is -2.37. The van der Waals surface area contributed by atoms with Crippen molar-refractivity contribution in [2.75, 3.05) is 19.0 Å². The first-order valence-electron chi connectivity index (χ1n) is 5.01. The molecule has 2 rings (SSSR count). The number of benzene rings is 1. The molecule has 2 aromatic rings. The van der Waals surface area contributed by atoms with E-state index in [0.29, 0.717) is 0 Å². The first-order chi connectivity index (χ1) is 8.08. The van der Waals surface area contributed by atoms with E-state index in [1.807, 2.05) is 43.3 Å². The molecule has 0 saturated heterocycles. The number of hydrogen-bond donors (Lipinski definition) is 1. The Balaban J connectivity index is 2.30. The van der Waals surface area contributed by atoms with Gasteiger partial charge in [-0.15, -0.1) is 5.10 Å². The summed E-state index contributed by atoms with van der Waals surface area (Å²) in [6, 6.07) is 7.57. The van der Waals surface area contributed by atoms with Crippen LogP contribution < -0.4 is 4.90 Å². The molecule has 0 saturated carbocycles. The highest BCUT2D eigenvalue weighted by molar-refractivity contribution is 5.84. The van der Waals surface area contributed by atoms with E-state index in [0.717, 1.165) is 11.4 Å². The van der Waals surface area contributed by atoms with Crippen molar-refractivity contribution in [3.8, 4) is 5.69 Å². The molecular weight excluding hydrogens is 220 g/mol. The average molecular weight is 232 g/mol. The zero-order valence-electron chi connectivity index (χ0n) is 9.53. The molecule has 1 heterocycles. The number of carboxylic acids is 1. The molecule has 0 aliphatic heterocycles. The molecule has 0 atom stereocenters. The van der Waals surface area contributed by atoms with Gasteiger partial charge in [0.1, 0.15) is 0 Å². The number of anilines is 1. The summed E-state index contributed by atoms with van der Waals surface area (Å²) in [7, 11) is 3.90. The fraction of sp³-hybridized carbons (Fsp3) is 0.182. The van der Waals surface area contributed by atoms with E-state index in [-0.39, 0.29) is 5.69 Å². The van der Waals surface area contributed by atoms with Crippen molar-refractivity contribution >= 4 is 11.7 Å². The predicted molar refractivity (Wildman–Crippen MR) is 62.6 cm³/mol. The van der Waals surface area contributed by atoms with Crippen LogP contribution in [-0.2, 0) is 0 Å². The molecule has 88 valence electrons. The first-order valence-corrected chi connectivity index (χ1v) is 5.01. The maximum Gasteiger partial charge on any atom is 0.358 e. The van der Waals surface area contributed by atoms with E-state index in [9.17, 15) is 4.79 Å². The standard InChI is InChI=1S/C11H12N4O2/c1-14(2)8-3-5-9(6-4-8)15-7-10(11(16)17)12-13-15/h3-7H,1-2H3,(H,16,17). The van der Waals surface area contributed by atoms with Crippen LogP contribution in [0.2, 0.25) is 0 Å². The van der Waals surface area contributed by atoms with Crippen molar-refractivity contribution in [3.05, 3.63) is 36.2 Å². The Kier molecular flexibility index (Phi) is 2.78. The van der Waals surface area contributed by atoms with Crippen molar-refractivity contribution in [1.82, 2.24) is 15.0 Å². The zero-order chi connectivity index (χ0) is 12.4. The van der Waals surface area contributed by atoms with Crippen LogP contribution in [0, 0.1) is 0 Å². The van der Waals surface area contributed by atoms with Crippen molar-refractivity contribution < 1.29 is 9.90 Å². The summed E-state index contributed by atoms with van der Waals surface area (Å²) in [5, 5.41) is 16.0. The van der Waals surface area contributed by atoms with Gasteiger partial charge in [0.2, 0.25) is 0 Å². The number of rotatable bonds is 3. The molecule has 0 bridgehead atoms. The van der Waals surface area contributed by atoms with Gasteiger partial charge in [-0.25, -0.2) is 9.48 Å². The Morgan fingerprint density at radius 1 is 1.29 bits per heavy atom. The molecule has 1 N–H and O–H groups in total. The Bertz CT molecular complexity index is 531. The summed E-state index contributed by atoms with van der Waals surface area (Å²) in [5.74, 6) is -1.08. The molecule has 0 spiro atoms. The lowest BCUT2D eigenvalue weighted by Crippen LogP contribution is -2.08. The van der Waals surface area contributed by atoms with Crippen molar-refractivity contribution in [1.29, 1.82) is 0 Å². The Labute approximate surface area is 98.1 Å². The molecule has 0 fully saturated rings. The molecule has 0 aliphatic carbocycles. The molecule has 0 amide bonds. The van der Waals surface area contributed by atoms with Gasteiger partial charge in [-0.3, -0.25) is 0 Å². The maximum absolute atomic E-state index is 10.7. The van der Waals surface area contributed by atoms with Crippen LogP contribution in [-0.4, -0.2) is 40.2 Å². The number of aromatic carboxylic acids is 1. The molecule has 6 nitrogen and oxygen atoms in total. The second-order valence-corrected chi connectivity index (χ2v) is 3.76. The van der Waals surface area contributed by atoms with Crippen LogP contribution in [0.1, 0.15) is 10.5 Å². The van der Waals surface area contributed by atoms with Crippen LogP contribution in [0.15, 0.2) is 30.5 Å². The minimum Gasteiger partial charge on any atom is -0.476 e. The molecule has 1 aromatic carbocycles. The smallest absolute Gasteiger partial charge is 0.358 e. The van der Waals surface area contributed by atoms with Gasteiger partial charge in [0.15, 0.2) is 5.69 Å². The largest absolute Gasteiger partial charge is 0.476 e. The number of carboxylic acid groups (broad SMARTS) is 1. The van der Waals surface area contributed by atoms with E-state index >= 15 is 0 Å². The minimum absolute atomic E-state index is 0.0679. The number of carbonyl (C=O) groups is 1. The maximum atomic E-state index is 10.7. The van der Waals surface area contributed by atoms with Crippen molar-refractivity contribution in [2.45, 2.75) is 0 Å². The summed E-state index contributed by atoms with van der Waals surface area (Å²) >= 11 is 0. The van der Waals surface area contributed by atoms with E-state index in [1.54, 1.807) is 0 Å². The second-order valence-electron chi connectivity index (χ2n) is 3.76. The van der Waals surface area contributed by atoms with Gasteiger partial charge in [0.05, 0.1) is 11.9 Å². The third-order valence-electron chi connectivity index (χ3n) is 2.34. The monoisotopic (exact) mass is 232 g/mol. The lowest BCUT2D eigenvalue weighted by Gasteiger charge is -2.12. The molecular formula is C11H12N4O2. The minimum atomic E-state index is -1.08. The highest BCUT2D eigenvalue weighted by atomic mass is 16.4. The van der Waals surface area contributed by atoms with Gasteiger partial charge in [-0.05, 0) is 24.3 Å². The quantitative estimate of drug-likeness (QED) is 0.855. The molecule has 0 unspecified atom stereocenters. The normalized spacial score (nSPS) is 10.2. The van der Waals surface area contributed by atoms with Crippen LogP contribution in [0.3, 0.4) is 0 Å². The molecule has 0 radical (unpaired) electrons. The van der Waals surface area contributed by atoms with Gasteiger partial charge in [0, 0.05) is 19.8 Å². The van der Waals surface area contributed by atoms with Gasteiger partial charge in [0.25, 0.3) is 0 Å². The summed E-state index contributed by atoms with van der Waals surface area (Å²) in [6.45, 7) is 0. The first kappa shape index (κ1) is 11.1. The molecule has 17 heavy (non-hydrogen) atoms. The zero-order valence-corrected chi connectivity index (χ0v) is 9.53. The lowest BCUT2D eigenvalue weighted by molar-refractivity contribution is 0.0690. The van der Waals surface area contributed by atoms with Gasteiger partial charge in [-0.1, -0.05) is 5.21 Å². The molecule has 0 aliphatic rings. The molecule has 6 heteroatoms. The number of aromatic nitrogens is 3. The fourth-order valence-electron chi connectivity index (χ4n) is 1.39. The van der Waals surface area contributed by atoms with Crippen LogP contribution >= 0.6 is 0 Å². The lowest BCUT2D eigenvalue weighted by atomic mass is 10.2. The summed E-state index contributed by atoms with van der Waals surface area (Å²) in [5.41, 5.74) is 1.77. The van der Waals surface area contributed by atoms with Crippen LogP contribution in [0.25, 0.3) is 5.69 Å². The van der Waals surface area contributed by atoms with Crippen molar-refractivity contribution in [3.63, 3.8) is 0 Å². The van der Waals surface area contributed by atoms with Gasteiger partial charge >= 0.3 is 5.97 Å². The molecule has 1 aromatic heterocycles. The third kappa shape index (κ3) is 2.25. The topological polar surface area (TPSA) is 71.2 Å².